The Hall–Kier alpha value is -7.25. The second-order valence-corrected chi connectivity index (χ2v) is 17.1. The van der Waals surface area contributed by atoms with E-state index in [-0.39, 0.29) is 17.2 Å². The molecule has 7 heteroatoms. The van der Waals surface area contributed by atoms with Crippen molar-refractivity contribution >= 4 is 28.0 Å². The molecule has 0 saturated heterocycles. The molecule has 0 atom stereocenters. The lowest BCUT2D eigenvalue weighted by molar-refractivity contribution is 0.304. The maximum Gasteiger partial charge on any atom is 0.119 e. The number of benzene rings is 4. The molecular formula is C59H63N3O4. The van der Waals surface area contributed by atoms with Crippen LogP contribution in [0, 0.1) is 0 Å². The monoisotopic (exact) mass is 877 g/mol. The SMILES string of the molecule is C=C1\C=C/C(N)=C(c2cccc(O)c2)/C(C)=C/C=C(CC)/C(c2cccc(OCCCCCCCCCCC)c2)=C2/C=CC(=N2)/C(c2cccc(O)c2)=c2/ccc([nH]2)=C1c1cccc(O)c1. The summed E-state index contributed by atoms with van der Waals surface area (Å²) >= 11 is 0. The third-order valence-electron chi connectivity index (χ3n) is 12.1. The highest BCUT2D eigenvalue weighted by Gasteiger charge is 2.21. The summed E-state index contributed by atoms with van der Waals surface area (Å²) in [4.78, 5) is 9.08. The van der Waals surface area contributed by atoms with E-state index in [0.29, 0.717) is 24.3 Å². The summed E-state index contributed by atoms with van der Waals surface area (Å²) in [6, 6.07) is 33.7. The van der Waals surface area contributed by atoms with Gasteiger partial charge in [0.2, 0.25) is 0 Å². The highest BCUT2D eigenvalue weighted by atomic mass is 16.5. The summed E-state index contributed by atoms with van der Waals surface area (Å²) in [5.41, 5.74) is 18.2. The van der Waals surface area contributed by atoms with Crippen molar-refractivity contribution in [3.8, 4) is 23.0 Å². The van der Waals surface area contributed by atoms with Crippen LogP contribution in [0.2, 0.25) is 0 Å². The fourth-order valence-electron chi connectivity index (χ4n) is 8.77. The van der Waals surface area contributed by atoms with Crippen LogP contribution in [0.4, 0.5) is 0 Å². The zero-order chi connectivity index (χ0) is 46.4. The number of rotatable bonds is 16. The molecule has 7 nitrogen and oxygen atoms in total. The molecule has 2 aliphatic heterocycles. The lowest BCUT2D eigenvalue weighted by atomic mass is 9.91. The Kier molecular flexibility index (Phi) is 16.0. The van der Waals surface area contributed by atoms with Gasteiger partial charge in [-0.15, -0.1) is 0 Å². The van der Waals surface area contributed by atoms with Crippen molar-refractivity contribution < 1.29 is 20.1 Å². The van der Waals surface area contributed by atoms with Gasteiger partial charge in [0, 0.05) is 38.7 Å². The molecule has 0 saturated carbocycles. The van der Waals surface area contributed by atoms with Gasteiger partial charge in [-0.3, -0.25) is 0 Å². The van der Waals surface area contributed by atoms with Crippen molar-refractivity contribution in [2.45, 2.75) is 85.0 Å². The number of phenolic OH excluding ortho intramolecular Hbond substituents is 3. The van der Waals surface area contributed by atoms with Crippen LogP contribution in [0.25, 0.3) is 22.3 Å². The van der Waals surface area contributed by atoms with Crippen LogP contribution in [-0.4, -0.2) is 32.6 Å². The highest BCUT2D eigenvalue weighted by molar-refractivity contribution is 6.30. The Morgan fingerprint density at radius 3 is 1.73 bits per heavy atom. The summed E-state index contributed by atoms with van der Waals surface area (Å²) in [6.07, 6.45) is 24.0. The molecule has 0 aliphatic carbocycles. The molecule has 0 spiro atoms. The number of ether oxygens (including phenoxy) is 1. The minimum Gasteiger partial charge on any atom is -0.508 e. The summed E-state index contributed by atoms with van der Waals surface area (Å²) < 4.78 is 6.41. The van der Waals surface area contributed by atoms with Crippen LogP contribution in [-0.2, 0) is 0 Å². The zero-order valence-electron chi connectivity index (χ0n) is 38.6. The molecule has 0 amide bonds. The highest BCUT2D eigenvalue weighted by Crippen LogP contribution is 2.37. The second kappa shape index (κ2) is 22.6. The van der Waals surface area contributed by atoms with Crippen LogP contribution < -0.4 is 21.2 Å². The normalized spacial score (nSPS) is 19.7. The molecule has 0 fully saturated rings. The molecule has 6 N–H and O–H groups in total. The second-order valence-electron chi connectivity index (χ2n) is 17.1. The van der Waals surface area contributed by atoms with Gasteiger partial charge in [0.1, 0.15) is 23.0 Å². The van der Waals surface area contributed by atoms with Crippen LogP contribution >= 0.6 is 0 Å². The van der Waals surface area contributed by atoms with Crippen molar-refractivity contribution in [1.29, 1.82) is 0 Å². The van der Waals surface area contributed by atoms with Crippen molar-refractivity contribution in [2.75, 3.05) is 6.61 Å². The van der Waals surface area contributed by atoms with Crippen LogP contribution in [0.15, 0.2) is 185 Å². The number of aliphatic imine (C=N–C) groups is 1. The largest absolute Gasteiger partial charge is 0.508 e. The van der Waals surface area contributed by atoms with Gasteiger partial charge in [-0.2, -0.15) is 0 Å². The van der Waals surface area contributed by atoms with Gasteiger partial charge in [-0.05, 0) is 138 Å². The third kappa shape index (κ3) is 11.7. The van der Waals surface area contributed by atoms with Crippen LogP contribution in [0.3, 0.4) is 0 Å². The van der Waals surface area contributed by atoms with Crippen LogP contribution in [0.1, 0.15) is 107 Å². The van der Waals surface area contributed by atoms with Gasteiger partial charge in [0.05, 0.1) is 18.0 Å². The molecule has 2 aliphatic rings. The number of hydrogen-bond acceptors (Lipinski definition) is 6. The van der Waals surface area contributed by atoms with E-state index in [4.69, 9.17) is 15.5 Å². The maximum atomic E-state index is 10.8. The number of aromatic amines is 1. The van der Waals surface area contributed by atoms with Gasteiger partial charge < -0.3 is 30.8 Å². The Morgan fingerprint density at radius 2 is 1.12 bits per heavy atom. The summed E-state index contributed by atoms with van der Waals surface area (Å²) in [5.74, 6) is 1.21. The Morgan fingerprint density at radius 1 is 0.576 bits per heavy atom. The number of unbranched alkanes of at least 4 members (excludes halogenated alkanes) is 8. The van der Waals surface area contributed by atoms with E-state index >= 15 is 0 Å². The number of fused-ring (bicyclic) bond motifs is 3. The average molecular weight is 878 g/mol. The number of H-pyrrole nitrogens is 1. The van der Waals surface area contributed by atoms with Gasteiger partial charge in [0.25, 0.3) is 0 Å². The van der Waals surface area contributed by atoms with Gasteiger partial charge in [-0.25, -0.2) is 4.99 Å². The Labute approximate surface area is 390 Å². The topological polar surface area (TPSA) is 124 Å². The van der Waals surface area contributed by atoms with Gasteiger partial charge in [-0.1, -0.05) is 139 Å². The average Bonchev–Trinajstić information content (AvgIpc) is 3.98. The molecular weight excluding hydrogens is 815 g/mol. The maximum absolute atomic E-state index is 10.8. The first-order valence-electron chi connectivity index (χ1n) is 23.4. The van der Waals surface area contributed by atoms with E-state index in [9.17, 15) is 15.3 Å². The fourth-order valence-corrected chi connectivity index (χ4v) is 8.77. The van der Waals surface area contributed by atoms with Crippen molar-refractivity contribution in [3.63, 3.8) is 0 Å². The van der Waals surface area contributed by atoms with Gasteiger partial charge in [0.15, 0.2) is 0 Å². The predicted octanol–water partition coefficient (Wildman–Crippen LogP) is 12.6. The number of allylic oxidation sites excluding steroid dienone is 11. The molecule has 5 aromatic rings. The number of nitrogens with zero attached hydrogens (tertiary/aromatic N) is 1. The van der Waals surface area contributed by atoms with E-state index in [1.54, 1.807) is 42.5 Å². The lowest BCUT2D eigenvalue weighted by Gasteiger charge is -2.16. The van der Waals surface area contributed by atoms with Crippen molar-refractivity contribution in [3.05, 3.63) is 213 Å². The standard InChI is InChI=1S/C59H63N3O4/c1-5-7-8-9-10-11-12-13-14-35-66-50-26-18-22-46(39-50)58-42(6-2)29-27-40(3)56(43-19-15-23-47(63)36-43)51(60)30-28-41(4)57(44-20-16-24-48(64)37-44)52-31-33-54(61-52)59(55-34-32-53(58)62-55)45-21-17-25-49(65)38-45/h15-34,36-39,61,63-65H,4-14,35,60H2,1-3H3/b30-28-,40-27+,42-29+,56-51+,57-52?,58-53+,59-54-. The molecule has 3 heterocycles. The lowest BCUT2D eigenvalue weighted by Crippen LogP contribution is -2.19. The Bertz CT molecular complexity index is 2910. The fraction of sp³-hybridized carbons (Fsp3) is 0.237. The zero-order valence-corrected chi connectivity index (χ0v) is 38.6. The molecule has 66 heavy (non-hydrogen) atoms. The molecule has 4 bridgehead atoms. The first-order chi connectivity index (χ1) is 32.1. The number of nitrogens with one attached hydrogen (secondary N) is 1. The first-order valence-corrected chi connectivity index (χ1v) is 23.4. The van der Waals surface area contributed by atoms with Crippen LogP contribution in [0.5, 0.6) is 23.0 Å². The summed E-state index contributed by atoms with van der Waals surface area (Å²) in [7, 11) is 0. The van der Waals surface area contributed by atoms with Gasteiger partial charge >= 0.3 is 0 Å². The van der Waals surface area contributed by atoms with Crippen molar-refractivity contribution in [1.82, 2.24) is 4.98 Å². The van der Waals surface area contributed by atoms with E-state index in [0.717, 1.165) is 96.4 Å². The minimum absolute atomic E-state index is 0.123. The number of aromatic nitrogens is 1. The Balaban J connectivity index is 1.41. The summed E-state index contributed by atoms with van der Waals surface area (Å²) in [6.45, 7) is 11.6. The van der Waals surface area contributed by atoms with E-state index in [2.05, 4.69) is 55.8 Å². The van der Waals surface area contributed by atoms with Crippen molar-refractivity contribution in [2.24, 2.45) is 10.7 Å². The predicted molar refractivity (Wildman–Crippen MR) is 274 cm³/mol. The third-order valence-corrected chi connectivity index (χ3v) is 12.1. The van der Waals surface area contributed by atoms with E-state index in [1.165, 1.54) is 44.9 Å². The number of hydrogen-bond donors (Lipinski definition) is 5. The van der Waals surface area contributed by atoms with E-state index < -0.39 is 0 Å². The molecule has 0 radical (unpaired) electrons. The number of aromatic hydroxyl groups is 3. The number of nitrogens with two attached hydrogens (primary N) is 1. The van der Waals surface area contributed by atoms with E-state index in [1.807, 2.05) is 79.7 Å². The number of phenols is 3. The first kappa shape index (κ1) is 46.7. The molecule has 0 unspecified atom stereocenters. The summed E-state index contributed by atoms with van der Waals surface area (Å²) in [5, 5.41) is 33.6. The molecule has 1 aromatic heterocycles. The molecule has 7 rings (SSSR count). The minimum atomic E-state index is 0.123. The smallest absolute Gasteiger partial charge is 0.119 e. The molecule has 4 aromatic carbocycles. The molecule has 338 valence electrons. The quantitative estimate of drug-likeness (QED) is 0.0632.